The first-order valence-electron chi connectivity index (χ1n) is 8.55. The Hall–Kier alpha value is -3.69. The third-order valence-electron chi connectivity index (χ3n) is 3.84. The highest BCUT2D eigenvalue weighted by Crippen LogP contribution is 2.27. The van der Waals surface area contributed by atoms with Crippen molar-refractivity contribution in [3.8, 4) is 11.5 Å². The van der Waals surface area contributed by atoms with Crippen LogP contribution in [0.1, 0.15) is 39.3 Å². The molecule has 0 aliphatic carbocycles. The van der Waals surface area contributed by atoms with Crippen molar-refractivity contribution < 1.29 is 19.1 Å². The molecule has 0 radical (unpaired) electrons. The van der Waals surface area contributed by atoms with E-state index < -0.39 is 11.8 Å². The summed E-state index contributed by atoms with van der Waals surface area (Å²) in [5.74, 6) is -0.0363. The van der Waals surface area contributed by atoms with Crippen molar-refractivity contribution in [2.45, 2.75) is 20.8 Å². The van der Waals surface area contributed by atoms with Gasteiger partial charge in [0.25, 0.3) is 11.7 Å². The molecular weight excluding hydrogens is 364 g/mol. The fourth-order valence-corrected chi connectivity index (χ4v) is 2.59. The summed E-state index contributed by atoms with van der Waals surface area (Å²) in [4.78, 5) is 32.9. The van der Waals surface area contributed by atoms with Crippen molar-refractivity contribution in [3.63, 3.8) is 0 Å². The van der Waals surface area contributed by atoms with E-state index in [-0.39, 0.29) is 11.4 Å². The number of nitrogens with zero attached hydrogens (tertiary/aromatic N) is 4. The zero-order valence-electron chi connectivity index (χ0n) is 15.9. The van der Waals surface area contributed by atoms with E-state index in [1.54, 1.807) is 12.1 Å². The van der Waals surface area contributed by atoms with Crippen molar-refractivity contribution in [3.05, 3.63) is 47.0 Å². The Morgan fingerprint density at radius 1 is 1.07 bits per heavy atom. The van der Waals surface area contributed by atoms with Crippen molar-refractivity contribution in [1.82, 2.24) is 30.4 Å². The minimum atomic E-state index is -0.659. The van der Waals surface area contributed by atoms with Crippen molar-refractivity contribution in [1.29, 1.82) is 0 Å². The van der Waals surface area contributed by atoms with Crippen LogP contribution in [0.4, 0.5) is 0 Å². The van der Waals surface area contributed by atoms with E-state index in [4.69, 9.17) is 9.47 Å². The van der Waals surface area contributed by atoms with Gasteiger partial charge in [-0.05, 0) is 45.0 Å². The molecule has 2 aromatic heterocycles. The molecule has 2 N–H and O–H groups in total. The van der Waals surface area contributed by atoms with Gasteiger partial charge in [0, 0.05) is 17.0 Å². The van der Waals surface area contributed by atoms with E-state index in [1.807, 2.05) is 26.8 Å². The average Bonchev–Trinajstić information content (AvgIpc) is 3.10. The second-order valence-electron chi connectivity index (χ2n) is 5.89. The highest BCUT2D eigenvalue weighted by Gasteiger charge is 2.17. The molecule has 0 aliphatic rings. The minimum absolute atomic E-state index is 0.106. The summed E-state index contributed by atoms with van der Waals surface area (Å²) in [6, 6.07) is 6.53. The lowest BCUT2D eigenvalue weighted by atomic mass is 10.2. The van der Waals surface area contributed by atoms with E-state index in [9.17, 15) is 9.59 Å². The monoisotopic (exact) mass is 384 g/mol. The fourth-order valence-electron chi connectivity index (χ4n) is 2.59. The molecule has 1 aromatic carbocycles. The third-order valence-corrected chi connectivity index (χ3v) is 3.84. The molecule has 0 saturated heterocycles. The van der Waals surface area contributed by atoms with Gasteiger partial charge < -0.3 is 9.47 Å². The number of aromatic nitrogens is 4. The second kappa shape index (κ2) is 7.91. The van der Waals surface area contributed by atoms with Gasteiger partial charge in [-0.1, -0.05) is 0 Å². The van der Waals surface area contributed by atoms with Crippen LogP contribution in [0, 0.1) is 13.8 Å². The van der Waals surface area contributed by atoms with Crippen LogP contribution in [0.3, 0.4) is 0 Å². The van der Waals surface area contributed by atoms with Gasteiger partial charge in [0.1, 0.15) is 0 Å². The van der Waals surface area contributed by atoms with E-state index in [0.29, 0.717) is 23.9 Å². The topological polar surface area (TPSA) is 120 Å². The molecule has 3 aromatic rings. The van der Waals surface area contributed by atoms with E-state index in [0.717, 1.165) is 11.4 Å². The number of rotatable bonds is 5. The van der Waals surface area contributed by atoms with Crippen LogP contribution in [0.15, 0.2) is 24.3 Å². The van der Waals surface area contributed by atoms with Gasteiger partial charge in [0.05, 0.1) is 13.7 Å². The number of benzene rings is 1. The number of amides is 2. The largest absolute Gasteiger partial charge is 0.493 e. The lowest BCUT2D eigenvalue weighted by Crippen LogP contribution is -2.42. The van der Waals surface area contributed by atoms with Crippen LogP contribution in [-0.2, 0) is 0 Å². The smallest absolute Gasteiger partial charge is 0.309 e. The van der Waals surface area contributed by atoms with Gasteiger partial charge in [-0.15, -0.1) is 5.10 Å². The van der Waals surface area contributed by atoms with Gasteiger partial charge in [-0.3, -0.25) is 20.4 Å². The molecule has 0 spiro atoms. The zero-order valence-corrected chi connectivity index (χ0v) is 15.9. The summed E-state index contributed by atoms with van der Waals surface area (Å²) in [6.07, 6.45) is 0. The van der Waals surface area contributed by atoms with Gasteiger partial charge in [-0.2, -0.15) is 4.98 Å². The summed E-state index contributed by atoms with van der Waals surface area (Å²) < 4.78 is 12.1. The Balaban J connectivity index is 1.70. The SMILES string of the molecule is CCOc1ccc(C(=O)NNC(=O)c2nc3nc(C)cc(C)n3n2)cc1OC. The molecule has 3 rings (SSSR count). The molecule has 2 amide bonds. The average molecular weight is 384 g/mol. The number of aryl methyl sites for hydroxylation is 2. The molecule has 0 bridgehead atoms. The maximum Gasteiger partial charge on any atom is 0.309 e. The summed E-state index contributed by atoms with van der Waals surface area (Å²) >= 11 is 0. The highest BCUT2D eigenvalue weighted by molar-refractivity contribution is 5.98. The Labute approximate surface area is 160 Å². The molecule has 146 valence electrons. The Morgan fingerprint density at radius 3 is 2.54 bits per heavy atom. The van der Waals surface area contributed by atoms with Crippen LogP contribution < -0.4 is 20.3 Å². The highest BCUT2D eigenvalue weighted by atomic mass is 16.5. The third kappa shape index (κ3) is 3.85. The molecule has 0 atom stereocenters. The van der Waals surface area contributed by atoms with Crippen LogP contribution in [0.25, 0.3) is 5.78 Å². The molecule has 2 heterocycles. The zero-order chi connectivity index (χ0) is 20.3. The Morgan fingerprint density at radius 2 is 1.82 bits per heavy atom. The number of hydrogen-bond acceptors (Lipinski definition) is 7. The molecular formula is C18H20N6O4. The number of ether oxygens (including phenoxy) is 2. The lowest BCUT2D eigenvalue weighted by molar-refractivity contribution is 0.0841. The van der Waals surface area contributed by atoms with Crippen molar-refractivity contribution in [2.75, 3.05) is 13.7 Å². The maximum absolute atomic E-state index is 12.3. The summed E-state index contributed by atoms with van der Waals surface area (Å²) in [6.45, 7) is 5.98. The number of nitrogens with one attached hydrogen (secondary N) is 2. The number of hydrazine groups is 1. The number of carbonyl (C=O) groups is 2. The Kier molecular flexibility index (Phi) is 5.39. The lowest BCUT2D eigenvalue weighted by Gasteiger charge is -2.11. The normalized spacial score (nSPS) is 10.6. The molecule has 0 saturated carbocycles. The number of carbonyl (C=O) groups excluding carboxylic acids is 2. The van der Waals surface area contributed by atoms with E-state index in [1.165, 1.54) is 17.7 Å². The number of hydrogen-bond donors (Lipinski definition) is 2. The molecule has 0 aliphatic heterocycles. The molecule has 0 fully saturated rings. The van der Waals surface area contributed by atoms with Crippen molar-refractivity contribution in [2.24, 2.45) is 0 Å². The fraction of sp³-hybridized carbons (Fsp3) is 0.278. The standard InChI is InChI=1S/C18H20N6O4/c1-5-28-13-7-6-12(9-14(13)27-4)16(25)21-22-17(26)15-20-18-19-10(2)8-11(3)24(18)23-15/h6-9H,5H2,1-4H3,(H,21,25)(H,22,26). The van der Waals surface area contributed by atoms with E-state index >= 15 is 0 Å². The van der Waals surface area contributed by atoms with Crippen molar-refractivity contribution >= 4 is 17.6 Å². The predicted molar refractivity (Wildman–Crippen MR) is 99.4 cm³/mol. The van der Waals surface area contributed by atoms with Crippen LogP contribution in [-0.4, -0.2) is 45.1 Å². The molecule has 10 heteroatoms. The van der Waals surface area contributed by atoms with Crippen LogP contribution in [0.2, 0.25) is 0 Å². The van der Waals surface area contributed by atoms with Gasteiger partial charge in [-0.25, -0.2) is 9.50 Å². The van der Waals surface area contributed by atoms with Gasteiger partial charge in [0.15, 0.2) is 11.5 Å². The quantitative estimate of drug-likeness (QED) is 0.635. The predicted octanol–water partition coefficient (Wildman–Crippen LogP) is 1.22. The number of fused-ring (bicyclic) bond motifs is 1. The molecule has 10 nitrogen and oxygen atoms in total. The Bertz CT molecular complexity index is 1050. The second-order valence-corrected chi connectivity index (χ2v) is 5.89. The summed E-state index contributed by atoms with van der Waals surface area (Å²) in [5.41, 5.74) is 6.46. The van der Waals surface area contributed by atoms with Gasteiger partial charge >= 0.3 is 5.91 Å². The summed E-state index contributed by atoms with van der Waals surface area (Å²) in [7, 11) is 1.48. The minimum Gasteiger partial charge on any atom is -0.493 e. The first-order chi connectivity index (χ1) is 13.4. The number of methoxy groups -OCH3 is 1. The van der Waals surface area contributed by atoms with E-state index in [2.05, 4.69) is 25.9 Å². The van der Waals surface area contributed by atoms with Gasteiger partial charge in [0.2, 0.25) is 5.82 Å². The first-order valence-corrected chi connectivity index (χ1v) is 8.55. The maximum atomic E-state index is 12.3. The van der Waals surface area contributed by atoms with Crippen LogP contribution >= 0.6 is 0 Å². The summed E-state index contributed by atoms with van der Waals surface area (Å²) in [5, 5.41) is 4.11. The molecule has 28 heavy (non-hydrogen) atoms. The van der Waals surface area contributed by atoms with Crippen LogP contribution in [0.5, 0.6) is 11.5 Å². The first kappa shape index (κ1) is 19.1. The molecule has 0 unspecified atom stereocenters.